The van der Waals surface area contributed by atoms with Gasteiger partial charge in [0.2, 0.25) is 0 Å². The lowest BCUT2D eigenvalue weighted by molar-refractivity contribution is 0.602. The fourth-order valence-corrected chi connectivity index (χ4v) is 5.12. The first-order valence-electron chi connectivity index (χ1n) is 10.9. The van der Waals surface area contributed by atoms with E-state index in [1.807, 2.05) is 0 Å². The number of fused-ring (bicyclic) bond motifs is 1. The van der Waals surface area contributed by atoms with Crippen molar-refractivity contribution < 1.29 is 8.42 Å². The number of pyridine rings is 1. The van der Waals surface area contributed by atoms with Crippen LogP contribution in [0.4, 0.5) is 0 Å². The van der Waals surface area contributed by atoms with Gasteiger partial charge in [0.25, 0.3) is 5.56 Å². The Labute approximate surface area is 205 Å². The third kappa shape index (κ3) is 3.93. The molecule has 2 aromatic heterocycles. The molecule has 5 rings (SSSR count). The summed E-state index contributed by atoms with van der Waals surface area (Å²) in [6.07, 6.45) is 2.73. The molecular formula is C26H21N5O4S. The largest absolute Gasteiger partial charge is 0.384 e. The summed E-state index contributed by atoms with van der Waals surface area (Å²) in [5.41, 5.74) is 7.82. The lowest BCUT2D eigenvalue weighted by Gasteiger charge is -2.11. The summed E-state index contributed by atoms with van der Waals surface area (Å²) < 4.78 is 27.1. The van der Waals surface area contributed by atoms with Gasteiger partial charge in [-0.25, -0.2) is 13.2 Å². The SMILES string of the molecule is CS(=O)(=O)c1ccccc1-c1ccc(-n2ccc3[nH]c(=O)n(-c4cccc(C(=N)N)c4)c3c2=O)cc1. The number of sulfone groups is 1. The van der Waals surface area contributed by atoms with Gasteiger partial charge >= 0.3 is 5.69 Å². The molecule has 0 spiro atoms. The second kappa shape index (κ2) is 8.51. The Bertz CT molecular complexity index is 1880. The number of rotatable bonds is 5. The third-order valence-electron chi connectivity index (χ3n) is 5.89. The highest BCUT2D eigenvalue weighted by molar-refractivity contribution is 7.90. The van der Waals surface area contributed by atoms with Crippen LogP contribution in [0.25, 0.3) is 33.5 Å². The predicted octanol–water partition coefficient (Wildman–Crippen LogP) is 2.82. The molecule has 10 heteroatoms. The number of nitrogens with one attached hydrogen (secondary N) is 2. The lowest BCUT2D eigenvalue weighted by Crippen LogP contribution is -2.23. The van der Waals surface area contributed by atoms with E-state index in [4.69, 9.17) is 11.1 Å². The summed E-state index contributed by atoms with van der Waals surface area (Å²) in [5, 5.41) is 7.67. The van der Waals surface area contributed by atoms with Crippen LogP contribution in [0.5, 0.6) is 0 Å². The number of nitrogen functional groups attached to an aromatic ring is 1. The molecule has 0 saturated heterocycles. The van der Waals surface area contributed by atoms with E-state index in [0.29, 0.717) is 33.6 Å². The number of nitrogens with zero attached hydrogens (tertiary/aromatic N) is 2. The van der Waals surface area contributed by atoms with Gasteiger partial charge in [0, 0.05) is 29.3 Å². The lowest BCUT2D eigenvalue weighted by atomic mass is 10.1. The highest BCUT2D eigenvalue weighted by Crippen LogP contribution is 2.28. The van der Waals surface area contributed by atoms with E-state index in [1.165, 1.54) is 9.13 Å². The molecular weight excluding hydrogens is 478 g/mol. The molecule has 180 valence electrons. The number of hydrogen-bond acceptors (Lipinski definition) is 5. The molecule has 0 aliphatic carbocycles. The molecule has 3 aromatic carbocycles. The van der Waals surface area contributed by atoms with E-state index in [-0.39, 0.29) is 16.2 Å². The highest BCUT2D eigenvalue weighted by atomic mass is 32.2. The summed E-state index contributed by atoms with van der Waals surface area (Å²) in [4.78, 5) is 29.2. The quantitative estimate of drug-likeness (QED) is 0.252. The van der Waals surface area contributed by atoms with Crippen molar-refractivity contribution >= 4 is 26.7 Å². The highest BCUT2D eigenvalue weighted by Gasteiger charge is 2.17. The summed E-state index contributed by atoms with van der Waals surface area (Å²) >= 11 is 0. The first-order chi connectivity index (χ1) is 17.1. The number of aromatic nitrogens is 3. The van der Waals surface area contributed by atoms with Crippen molar-refractivity contribution in [1.29, 1.82) is 5.41 Å². The number of imidazole rings is 1. The molecule has 5 aromatic rings. The average Bonchev–Trinajstić information content (AvgIpc) is 3.20. The predicted molar refractivity (Wildman–Crippen MR) is 139 cm³/mol. The van der Waals surface area contributed by atoms with Crippen molar-refractivity contribution in [2.45, 2.75) is 4.90 Å². The maximum absolute atomic E-state index is 13.5. The fraction of sp³-hybridized carbons (Fsp3) is 0.0385. The first kappa shape index (κ1) is 23.1. The first-order valence-corrected chi connectivity index (χ1v) is 12.8. The molecule has 2 heterocycles. The van der Waals surface area contributed by atoms with Gasteiger partial charge in [0.1, 0.15) is 11.4 Å². The third-order valence-corrected chi connectivity index (χ3v) is 7.05. The Kier molecular flexibility index (Phi) is 5.45. The molecule has 0 fully saturated rings. The minimum Gasteiger partial charge on any atom is -0.384 e. The second-order valence-electron chi connectivity index (χ2n) is 8.30. The van der Waals surface area contributed by atoms with Crippen molar-refractivity contribution in [3.8, 4) is 22.5 Å². The van der Waals surface area contributed by atoms with Crippen LogP contribution in [0, 0.1) is 5.41 Å². The molecule has 4 N–H and O–H groups in total. The minimum absolute atomic E-state index is 0.148. The Morgan fingerprint density at radius 1 is 0.917 bits per heavy atom. The summed E-state index contributed by atoms with van der Waals surface area (Å²) in [6, 6.07) is 21.8. The number of nitrogens with two attached hydrogens (primary N) is 1. The molecule has 0 radical (unpaired) electrons. The zero-order valence-electron chi connectivity index (χ0n) is 19.1. The van der Waals surface area contributed by atoms with E-state index in [9.17, 15) is 18.0 Å². The molecule has 0 amide bonds. The van der Waals surface area contributed by atoms with E-state index in [2.05, 4.69) is 4.98 Å². The van der Waals surface area contributed by atoms with Gasteiger partial charge in [-0.2, -0.15) is 0 Å². The Balaban J connectivity index is 1.64. The number of hydrogen-bond donors (Lipinski definition) is 3. The van der Waals surface area contributed by atoms with Gasteiger partial charge < -0.3 is 10.7 Å². The zero-order chi connectivity index (χ0) is 25.6. The van der Waals surface area contributed by atoms with Crippen molar-refractivity contribution in [2.75, 3.05) is 6.26 Å². The van der Waals surface area contributed by atoms with Crippen LogP contribution < -0.4 is 17.0 Å². The second-order valence-corrected chi connectivity index (χ2v) is 10.3. The monoisotopic (exact) mass is 499 g/mol. The molecule has 0 aliphatic heterocycles. The number of aromatic amines is 1. The van der Waals surface area contributed by atoms with Gasteiger partial charge in [0.05, 0.1) is 16.1 Å². The van der Waals surface area contributed by atoms with Crippen molar-refractivity contribution in [3.63, 3.8) is 0 Å². The molecule has 9 nitrogen and oxygen atoms in total. The van der Waals surface area contributed by atoms with Crippen LogP contribution >= 0.6 is 0 Å². The molecule has 36 heavy (non-hydrogen) atoms. The number of benzene rings is 3. The van der Waals surface area contributed by atoms with Gasteiger partial charge in [-0.15, -0.1) is 0 Å². The molecule has 0 unspecified atom stereocenters. The van der Waals surface area contributed by atoms with Crippen LogP contribution in [-0.2, 0) is 9.84 Å². The zero-order valence-corrected chi connectivity index (χ0v) is 19.9. The molecule has 0 aliphatic rings. The summed E-state index contributed by atoms with van der Waals surface area (Å²) in [6.45, 7) is 0. The van der Waals surface area contributed by atoms with E-state index >= 15 is 0 Å². The van der Waals surface area contributed by atoms with E-state index in [1.54, 1.807) is 85.1 Å². The van der Waals surface area contributed by atoms with Gasteiger partial charge in [-0.1, -0.05) is 42.5 Å². The molecule has 0 saturated carbocycles. The Morgan fingerprint density at radius 2 is 1.64 bits per heavy atom. The smallest absolute Gasteiger partial charge is 0.331 e. The normalized spacial score (nSPS) is 11.6. The number of amidine groups is 1. The fourth-order valence-electron chi connectivity index (χ4n) is 4.21. The van der Waals surface area contributed by atoms with Gasteiger partial charge in [0.15, 0.2) is 9.84 Å². The standard InChI is InChI=1S/C26H21N5O4S/c1-36(34,35)22-8-3-2-7-20(22)16-9-11-18(12-10-16)30-14-13-21-23(25(30)32)31(26(33)29-21)19-6-4-5-17(15-19)24(27)28/h2-15H,1H3,(H3,27,28)(H,29,33). The summed E-state index contributed by atoms with van der Waals surface area (Å²) in [5.74, 6) is -0.153. The van der Waals surface area contributed by atoms with Crippen LogP contribution in [0.15, 0.2) is 99.5 Å². The van der Waals surface area contributed by atoms with E-state index < -0.39 is 21.1 Å². The number of H-pyrrole nitrogens is 1. The Morgan fingerprint density at radius 3 is 2.33 bits per heavy atom. The summed E-state index contributed by atoms with van der Waals surface area (Å²) in [7, 11) is -3.42. The van der Waals surface area contributed by atoms with Gasteiger partial charge in [-0.3, -0.25) is 19.3 Å². The molecule has 0 atom stereocenters. The van der Waals surface area contributed by atoms with Crippen LogP contribution in [0.3, 0.4) is 0 Å². The van der Waals surface area contributed by atoms with Crippen LogP contribution in [0.2, 0.25) is 0 Å². The van der Waals surface area contributed by atoms with E-state index in [0.717, 1.165) is 6.26 Å². The minimum atomic E-state index is -3.42. The maximum Gasteiger partial charge on any atom is 0.331 e. The van der Waals surface area contributed by atoms with Crippen LogP contribution in [-0.4, -0.2) is 34.6 Å². The van der Waals surface area contributed by atoms with Crippen LogP contribution in [0.1, 0.15) is 5.56 Å². The van der Waals surface area contributed by atoms with Gasteiger partial charge in [-0.05, 0) is 42.0 Å². The average molecular weight is 500 g/mol. The maximum atomic E-state index is 13.5. The van der Waals surface area contributed by atoms with Crippen molar-refractivity contribution in [3.05, 3.63) is 111 Å². The Hall–Kier alpha value is -4.70. The molecule has 0 bridgehead atoms. The van der Waals surface area contributed by atoms with Crippen molar-refractivity contribution in [2.24, 2.45) is 5.73 Å². The van der Waals surface area contributed by atoms with Crippen molar-refractivity contribution in [1.82, 2.24) is 14.1 Å². The topological polar surface area (TPSA) is 144 Å².